The van der Waals surface area contributed by atoms with Crippen molar-refractivity contribution in [3.8, 4) is 11.5 Å². The topological polar surface area (TPSA) is 56.8 Å². The summed E-state index contributed by atoms with van der Waals surface area (Å²) in [7, 11) is 3.20. The predicted octanol–water partition coefficient (Wildman–Crippen LogP) is 1.82. The van der Waals surface area contributed by atoms with E-state index in [2.05, 4.69) is 11.9 Å². The summed E-state index contributed by atoms with van der Waals surface area (Å²) >= 11 is 0. The molecule has 4 nitrogen and oxygen atoms in total. The first kappa shape index (κ1) is 12.4. The van der Waals surface area contributed by atoms with Crippen molar-refractivity contribution in [2.45, 2.75) is 13.3 Å². The monoisotopic (exact) mass is 222 g/mol. The Labute approximate surface area is 96.1 Å². The minimum Gasteiger partial charge on any atom is -0.493 e. The van der Waals surface area contributed by atoms with Crippen molar-refractivity contribution in [2.75, 3.05) is 20.8 Å². The van der Waals surface area contributed by atoms with Crippen molar-refractivity contribution in [1.29, 1.82) is 0 Å². The molecule has 88 valence electrons. The summed E-state index contributed by atoms with van der Waals surface area (Å²) in [6.45, 7) is 2.80. The third-order valence-electron chi connectivity index (χ3n) is 2.19. The van der Waals surface area contributed by atoms with Gasteiger partial charge in [-0.15, -0.1) is 0 Å². The van der Waals surface area contributed by atoms with Crippen molar-refractivity contribution < 1.29 is 9.47 Å². The fourth-order valence-electron chi connectivity index (χ4n) is 1.32. The zero-order valence-electron chi connectivity index (χ0n) is 9.99. The Morgan fingerprint density at radius 1 is 1.25 bits per heavy atom. The summed E-state index contributed by atoms with van der Waals surface area (Å²) in [5, 5.41) is 0. The van der Waals surface area contributed by atoms with E-state index in [1.807, 2.05) is 18.2 Å². The molecule has 0 atom stereocenters. The minimum atomic E-state index is 0.530. The molecular formula is C12H18N2O2. The second kappa shape index (κ2) is 6.00. The van der Waals surface area contributed by atoms with Crippen molar-refractivity contribution >= 4 is 5.84 Å². The van der Waals surface area contributed by atoms with Crippen LogP contribution in [0.15, 0.2) is 23.2 Å². The van der Waals surface area contributed by atoms with Crippen molar-refractivity contribution in [3.05, 3.63) is 23.8 Å². The summed E-state index contributed by atoms with van der Waals surface area (Å²) < 4.78 is 10.3. The number of aliphatic imine (C=N–C) groups is 1. The van der Waals surface area contributed by atoms with Crippen LogP contribution in [0.1, 0.15) is 18.9 Å². The quantitative estimate of drug-likeness (QED) is 0.610. The molecule has 0 aliphatic carbocycles. The Kier molecular flexibility index (Phi) is 4.64. The maximum absolute atomic E-state index is 5.85. The molecule has 0 amide bonds. The molecule has 1 aromatic rings. The van der Waals surface area contributed by atoms with Gasteiger partial charge in [-0.3, -0.25) is 4.99 Å². The Balaban J connectivity index is 2.98. The molecule has 0 unspecified atom stereocenters. The number of methoxy groups -OCH3 is 2. The van der Waals surface area contributed by atoms with Gasteiger partial charge in [0.15, 0.2) is 11.5 Å². The Morgan fingerprint density at radius 3 is 2.50 bits per heavy atom. The van der Waals surface area contributed by atoms with E-state index in [1.54, 1.807) is 14.2 Å². The van der Waals surface area contributed by atoms with Gasteiger partial charge < -0.3 is 15.2 Å². The second-order valence-electron chi connectivity index (χ2n) is 3.34. The summed E-state index contributed by atoms with van der Waals surface area (Å²) in [6, 6.07) is 5.52. The molecule has 0 heterocycles. The summed E-state index contributed by atoms with van der Waals surface area (Å²) in [4.78, 5) is 4.24. The van der Waals surface area contributed by atoms with E-state index in [-0.39, 0.29) is 0 Å². The average Bonchev–Trinajstić information content (AvgIpc) is 2.34. The highest BCUT2D eigenvalue weighted by Crippen LogP contribution is 2.27. The van der Waals surface area contributed by atoms with Gasteiger partial charge in [0.2, 0.25) is 0 Å². The van der Waals surface area contributed by atoms with Gasteiger partial charge in [0.1, 0.15) is 5.84 Å². The number of rotatable bonds is 5. The van der Waals surface area contributed by atoms with Gasteiger partial charge >= 0.3 is 0 Å². The van der Waals surface area contributed by atoms with Gasteiger partial charge in [-0.05, 0) is 24.6 Å². The molecule has 0 saturated heterocycles. The molecule has 2 N–H and O–H groups in total. The summed E-state index contributed by atoms with van der Waals surface area (Å²) in [5.41, 5.74) is 6.70. The lowest BCUT2D eigenvalue weighted by Crippen LogP contribution is -2.14. The molecule has 4 heteroatoms. The van der Waals surface area contributed by atoms with Crippen LogP contribution in [-0.2, 0) is 0 Å². The van der Waals surface area contributed by atoms with Crippen LogP contribution in [0.25, 0.3) is 0 Å². The maximum Gasteiger partial charge on any atom is 0.161 e. The van der Waals surface area contributed by atoms with E-state index in [0.717, 1.165) is 18.5 Å². The van der Waals surface area contributed by atoms with Gasteiger partial charge in [-0.25, -0.2) is 0 Å². The van der Waals surface area contributed by atoms with Gasteiger partial charge in [0, 0.05) is 12.1 Å². The third-order valence-corrected chi connectivity index (χ3v) is 2.19. The molecule has 1 rings (SSSR count). The fraction of sp³-hybridized carbons (Fsp3) is 0.417. The van der Waals surface area contributed by atoms with E-state index in [4.69, 9.17) is 15.2 Å². The van der Waals surface area contributed by atoms with Crippen LogP contribution in [0.4, 0.5) is 0 Å². The fourth-order valence-corrected chi connectivity index (χ4v) is 1.32. The highest BCUT2D eigenvalue weighted by molar-refractivity contribution is 5.98. The largest absolute Gasteiger partial charge is 0.493 e. The third kappa shape index (κ3) is 2.89. The molecule has 0 saturated carbocycles. The highest BCUT2D eigenvalue weighted by Gasteiger charge is 2.06. The molecule has 0 spiro atoms. The maximum atomic E-state index is 5.85. The number of ether oxygens (including phenoxy) is 2. The summed E-state index contributed by atoms with van der Waals surface area (Å²) in [6.07, 6.45) is 0.980. The van der Waals surface area contributed by atoms with Crippen LogP contribution >= 0.6 is 0 Å². The van der Waals surface area contributed by atoms with Crippen molar-refractivity contribution in [2.24, 2.45) is 10.7 Å². The zero-order chi connectivity index (χ0) is 12.0. The molecule has 0 aromatic heterocycles. The van der Waals surface area contributed by atoms with Crippen LogP contribution < -0.4 is 15.2 Å². The first-order valence-corrected chi connectivity index (χ1v) is 5.25. The van der Waals surface area contributed by atoms with Gasteiger partial charge in [0.25, 0.3) is 0 Å². The van der Waals surface area contributed by atoms with Crippen LogP contribution in [0.2, 0.25) is 0 Å². The number of hydrogen-bond donors (Lipinski definition) is 1. The molecule has 16 heavy (non-hydrogen) atoms. The number of nitrogens with two attached hydrogens (primary N) is 1. The number of benzene rings is 1. The normalized spacial score (nSPS) is 11.3. The van der Waals surface area contributed by atoms with Crippen LogP contribution in [0.3, 0.4) is 0 Å². The number of nitrogens with zero attached hydrogens (tertiary/aromatic N) is 1. The minimum absolute atomic E-state index is 0.530. The van der Waals surface area contributed by atoms with Gasteiger partial charge in [-0.2, -0.15) is 0 Å². The van der Waals surface area contributed by atoms with Gasteiger partial charge in [0.05, 0.1) is 14.2 Å². The molecule has 0 aliphatic rings. The highest BCUT2D eigenvalue weighted by atomic mass is 16.5. The Bertz CT molecular complexity index is 375. The lowest BCUT2D eigenvalue weighted by Gasteiger charge is -2.09. The van der Waals surface area contributed by atoms with Crippen LogP contribution in [-0.4, -0.2) is 26.6 Å². The molecular weight excluding hydrogens is 204 g/mol. The number of amidine groups is 1. The first-order valence-electron chi connectivity index (χ1n) is 5.25. The molecule has 0 fully saturated rings. The lowest BCUT2D eigenvalue weighted by molar-refractivity contribution is 0.355. The Morgan fingerprint density at radius 2 is 1.94 bits per heavy atom. The average molecular weight is 222 g/mol. The van der Waals surface area contributed by atoms with E-state index < -0.39 is 0 Å². The van der Waals surface area contributed by atoms with Gasteiger partial charge in [-0.1, -0.05) is 6.92 Å². The molecule has 0 bridgehead atoms. The SMILES string of the molecule is CCCN=C(N)c1ccc(OC)c(OC)c1. The van der Waals surface area contributed by atoms with Crippen molar-refractivity contribution in [1.82, 2.24) is 0 Å². The van der Waals surface area contributed by atoms with E-state index in [9.17, 15) is 0 Å². The molecule has 0 radical (unpaired) electrons. The van der Waals surface area contributed by atoms with Crippen LogP contribution in [0, 0.1) is 0 Å². The van der Waals surface area contributed by atoms with Crippen molar-refractivity contribution in [3.63, 3.8) is 0 Å². The smallest absolute Gasteiger partial charge is 0.161 e. The van der Waals surface area contributed by atoms with E-state index in [0.29, 0.717) is 17.3 Å². The predicted molar refractivity (Wildman–Crippen MR) is 65.4 cm³/mol. The van der Waals surface area contributed by atoms with Crippen LogP contribution in [0.5, 0.6) is 11.5 Å². The second-order valence-corrected chi connectivity index (χ2v) is 3.34. The van der Waals surface area contributed by atoms with E-state index in [1.165, 1.54) is 0 Å². The molecule has 0 aliphatic heterocycles. The first-order chi connectivity index (χ1) is 7.72. The van der Waals surface area contributed by atoms with E-state index >= 15 is 0 Å². The summed E-state index contributed by atoms with van der Waals surface area (Å²) in [5.74, 6) is 1.88. The lowest BCUT2D eigenvalue weighted by atomic mass is 10.2. The molecule has 1 aromatic carbocycles. The Hall–Kier alpha value is -1.71. The standard InChI is InChI=1S/C12H18N2O2/c1-4-7-14-12(13)9-5-6-10(15-2)11(8-9)16-3/h5-6,8H,4,7H2,1-3H3,(H2,13,14). The zero-order valence-corrected chi connectivity index (χ0v) is 9.99. The number of hydrogen-bond acceptors (Lipinski definition) is 3.